The molecule has 0 aliphatic rings. The van der Waals surface area contributed by atoms with E-state index in [1.807, 2.05) is 0 Å². The highest BCUT2D eigenvalue weighted by molar-refractivity contribution is 7.92. The van der Waals surface area contributed by atoms with Crippen LogP contribution in [0.3, 0.4) is 0 Å². The number of hydrogen-bond acceptors (Lipinski definition) is 5. The minimum Gasteiger partial charge on any atom is -0.350 e. The summed E-state index contributed by atoms with van der Waals surface area (Å²) >= 11 is 11.9. The van der Waals surface area contributed by atoms with Gasteiger partial charge in [0.2, 0.25) is 15.9 Å². The second-order valence-corrected chi connectivity index (χ2v) is 8.71. The first kappa shape index (κ1) is 21.9. The van der Waals surface area contributed by atoms with Gasteiger partial charge in [0.05, 0.1) is 22.4 Å². The van der Waals surface area contributed by atoms with Crippen molar-refractivity contribution < 1.29 is 18.1 Å². The molecule has 0 unspecified atom stereocenters. The number of sulfonamides is 1. The summed E-state index contributed by atoms with van der Waals surface area (Å²) in [5.74, 6) is -0.595. The van der Waals surface area contributed by atoms with Gasteiger partial charge < -0.3 is 5.32 Å². The Hall–Kier alpha value is -2.36. The SMILES string of the molecule is Cc1c(N(CC(=O)NCc2ccc(Cl)cc2Cl)S(C)(=O)=O)cccc1[N+](=O)[O-]. The first-order chi connectivity index (χ1) is 13.0. The fourth-order valence-corrected chi connectivity index (χ4v) is 3.89. The molecule has 150 valence electrons. The average molecular weight is 446 g/mol. The summed E-state index contributed by atoms with van der Waals surface area (Å²) in [6.07, 6.45) is 0.925. The Kier molecular flexibility index (Phi) is 6.87. The summed E-state index contributed by atoms with van der Waals surface area (Å²) in [4.78, 5) is 22.8. The van der Waals surface area contributed by atoms with Crippen LogP contribution in [0.25, 0.3) is 0 Å². The molecule has 0 fully saturated rings. The van der Waals surface area contributed by atoms with Crippen LogP contribution in [0.15, 0.2) is 36.4 Å². The van der Waals surface area contributed by atoms with E-state index >= 15 is 0 Å². The van der Waals surface area contributed by atoms with Crippen LogP contribution in [-0.2, 0) is 21.4 Å². The Labute approximate surface area is 172 Å². The summed E-state index contributed by atoms with van der Waals surface area (Å²) in [6, 6.07) is 8.83. The molecular formula is C17H17Cl2N3O5S. The lowest BCUT2D eigenvalue weighted by Crippen LogP contribution is -2.40. The zero-order valence-electron chi connectivity index (χ0n) is 15.0. The number of anilines is 1. The van der Waals surface area contributed by atoms with Crippen LogP contribution in [0.2, 0.25) is 10.0 Å². The van der Waals surface area contributed by atoms with Crippen molar-refractivity contribution in [2.24, 2.45) is 0 Å². The van der Waals surface area contributed by atoms with E-state index in [2.05, 4.69) is 5.32 Å². The number of carbonyl (C=O) groups excluding carboxylic acids is 1. The van der Waals surface area contributed by atoms with Gasteiger partial charge in [0.25, 0.3) is 5.69 Å². The number of nitrogens with one attached hydrogen (secondary N) is 1. The Balaban J connectivity index is 2.23. The van der Waals surface area contributed by atoms with E-state index in [0.29, 0.717) is 15.6 Å². The van der Waals surface area contributed by atoms with E-state index in [-0.39, 0.29) is 23.5 Å². The van der Waals surface area contributed by atoms with Gasteiger partial charge >= 0.3 is 0 Å². The largest absolute Gasteiger partial charge is 0.350 e. The number of rotatable bonds is 7. The molecule has 8 nitrogen and oxygen atoms in total. The summed E-state index contributed by atoms with van der Waals surface area (Å²) < 4.78 is 25.2. The lowest BCUT2D eigenvalue weighted by atomic mass is 10.1. The first-order valence-corrected chi connectivity index (χ1v) is 10.5. The van der Waals surface area contributed by atoms with Crippen molar-refractivity contribution in [2.75, 3.05) is 17.1 Å². The molecule has 2 aromatic carbocycles. The topological polar surface area (TPSA) is 110 Å². The van der Waals surface area contributed by atoms with Crippen LogP contribution in [0, 0.1) is 17.0 Å². The van der Waals surface area contributed by atoms with Crippen LogP contribution in [0.1, 0.15) is 11.1 Å². The number of carbonyl (C=O) groups is 1. The first-order valence-electron chi connectivity index (χ1n) is 7.93. The molecule has 2 aromatic rings. The molecule has 0 aromatic heterocycles. The monoisotopic (exact) mass is 445 g/mol. The van der Waals surface area contributed by atoms with Crippen molar-refractivity contribution in [1.29, 1.82) is 0 Å². The fourth-order valence-electron chi connectivity index (χ4n) is 2.51. The number of amides is 1. The molecule has 1 N–H and O–H groups in total. The Bertz CT molecular complexity index is 1030. The van der Waals surface area contributed by atoms with Crippen molar-refractivity contribution in [3.63, 3.8) is 0 Å². The molecule has 0 atom stereocenters. The molecule has 0 radical (unpaired) electrons. The molecule has 0 aliphatic carbocycles. The van der Waals surface area contributed by atoms with Gasteiger partial charge in [0.15, 0.2) is 0 Å². The number of nitrogens with zero attached hydrogens (tertiary/aromatic N) is 2. The van der Waals surface area contributed by atoms with Crippen molar-refractivity contribution in [3.8, 4) is 0 Å². The normalized spacial score (nSPS) is 11.1. The van der Waals surface area contributed by atoms with Gasteiger partial charge in [-0.3, -0.25) is 19.2 Å². The van der Waals surface area contributed by atoms with Crippen LogP contribution in [0.5, 0.6) is 0 Å². The maximum absolute atomic E-state index is 12.3. The minimum atomic E-state index is -3.87. The van der Waals surface area contributed by atoms with Crippen molar-refractivity contribution >= 4 is 50.5 Å². The highest BCUT2D eigenvalue weighted by atomic mass is 35.5. The van der Waals surface area contributed by atoms with E-state index in [0.717, 1.165) is 10.6 Å². The second kappa shape index (κ2) is 8.76. The third kappa shape index (κ3) is 5.34. The molecule has 2 rings (SSSR count). The van der Waals surface area contributed by atoms with Gasteiger partial charge in [-0.1, -0.05) is 35.3 Å². The Morgan fingerprint density at radius 3 is 2.50 bits per heavy atom. The number of hydrogen-bond donors (Lipinski definition) is 1. The van der Waals surface area contributed by atoms with Gasteiger partial charge in [0, 0.05) is 22.7 Å². The average Bonchev–Trinajstić information content (AvgIpc) is 2.58. The zero-order chi connectivity index (χ0) is 21.1. The van der Waals surface area contributed by atoms with Crippen molar-refractivity contribution in [3.05, 3.63) is 67.7 Å². The van der Waals surface area contributed by atoms with Crippen molar-refractivity contribution in [1.82, 2.24) is 5.32 Å². The fraction of sp³-hybridized carbons (Fsp3) is 0.235. The maximum atomic E-state index is 12.3. The molecule has 0 bridgehead atoms. The highest BCUT2D eigenvalue weighted by Crippen LogP contribution is 2.29. The molecular weight excluding hydrogens is 429 g/mol. The lowest BCUT2D eigenvalue weighted by Gasteiger charge is -2.23. The third-order valence-electron chi connectivity index (χ3n) is 3.92. The third-order valence-corrected chi connectivity index (χ3v) is 5.63. The summed E-state index contributed by atoms with van der Waals surface area (Å²) in [6.45, 7) is 0.962. The number of halogens is 2. The second-order valence-electron chi connectivity index (χ2n) is 5.96. The van der Waals surface area contributed by atoms with Gasteiger partial charge in [-0.15, -0.1) is 0 Å². The Morgan fingerprint density at radius 1 is 1.25 bits per heavy atom. The van der Waals surface area contributed by atoms with Gasteiger partial charge in [0.1, 0.15) is 6.54 Å². The standard InChI is InChI=1S/C17H17Cl2N3O5S/c1-11-15(4-3-5-16(11)22(24)25)21(28(2,26)27)10-17(23)20-9-12-6-7-13(18)8-14(12)19/h3-8H,9-10H2,1-2H3,(H,20,23). The highest BCUT2D eigenvalue weighted by Gasteiger charge is 2.25. The molecule has 0 saturated carbocycles. The van der Waals surface area contributed by atoms with Crippen molar-refractivity contribution in [2.45, 2.75) is 13.5 Å². The number of nitro benzene ring substituents is 1. The van der Waals surface area contributed by atoms with E-state index in [1.165, 1.54) is 31.2 Å². The minimum absolute atomic E-state index is 0.0661. The smallest absolute Gasteiger partial charge is 0.274 e. The summed E-state index contributed by atoms with van der Waals surface area (Å²) in [5.41, 5.74) is 0.583. The predicted octanol–water partition coefficient (Wildman–Crippen LogP) is 3.29. The van der Waals surface area contributed by atoms with Gasteiger partial charge in [-0.25, -0.2) is 8.42 Å². The molecule has 1 amide bonds. The summed E-state index contributed by atoms with van der Waals surface area (Å²) in [5, 5.41) is 14.5. The van der Waals surface area contributed by atoms with E-state index < -0.39 is 27.4 Å². The molecule has 28 heavy (non-hydrogen) atoms. The predicted molar refractivity (Wildman–Crippen MR) is 108 cm³/mol. The molecule has 0 aliphatic heterocycles. The molecule has 0 saturated heterocycles. The number of benzene rings is 2. The molecule has 11 heteroatoms. The van der Waals surface area contributed by atoms with Crippen LogP contribution >= 0.6 is 23.2 Å². The van der Waals surface area contributed by atoms with Crippen LogP contribution < -0.4 is 9.62 Å². The van der Waals surface area contributed by atoms with Gasteiger partial charge in [-0.2, -0.15) is 0 Å². The van der Waals surface area contributed by atoms with E-state index in [9.17, 15) is 23.3 Å². The molecule has 0 heterocycles. The quantitative estimate of drug-likeness (QED) is 0.519. The van der Waals surface area contributed by atoms with Crippen LogP contribution in [-0.4, -0.2) is 32.0 Å². The van der Waals surface area contributed by atoms with E-state index in [1.54, 1.807) is 12.1 Å². The van der Waals surface area contributed by atoms with E-state index in [4.69, 9.17) is 23.2 Å². The maximum Gasteiger partial charge on any atom is 0.274 e. The molecule has 0 spiro atoms. The Morgan fingerprint density at radius 2 is 1.93 bits per heavy atom. The lowest BCUT2D eigenvalue weighted by molar-refractivity contribution is -0.385. The number of nitro groups is 1. The summed E-state index contributed by atoms with van der Waals surface area (Å²) in [7, 11) is -3.87. The van der Waals surface area contributed by atoms with Crippen LogP contribution in [0.4, 0.5) is 11.4 Å². The zero-order valence-corrected chi connectivity index (χ0v) is 17.3. The van der Waals surface area contributed by atoms with Gasteiger partial charge in [-0.05, 0) is 30.7 Å².